The van der Waals surface area contributed by atoms with Gasteiger partial charge in [0.1, 0.15) is 11.6 Å². The summed E-state index contributed by atoms with van der Waals surface area (Å²) in [5.74, 6) is -0.00634. The van der Waals surface area contributed by atoms with Crippen LogP contribution >= 0.6 is 34.9 Å². The summed E-state index contributed by atoms with van der Waals surface area (Å²) in [5.41, 5.74) is 1.73. The molecule has 33 heavy (non-hydrogen) atoms. The van der Waals surface area contributed by atoms with Crippen LogP contribution in [0.3, 0.4) is 0 Å². The summed E-state index contributed by atoms with van der Waals surface area (Å²) in [6, 6.07) is 15.1. The van der Waals surface area contributed by atoms with Crippen LogP contribution in [-0.2, 0) is 14.6 Å². The quantitative estimate of drug-likeness (QED) is 0.257. The standard InChI is InChI=1S/C21H17ClN4O4S3/c1-31-12-30-21(27)16-11-18(26(24-16)17-9-4-3-8-15(17)22)20-23-19(25-32-20)13-6-5-7-14(10-13)33(2,28)29/h3-11H,12H2,1-2H3. The highest BCUT2D eigenvalue weighted by atomic mass is 35.5. The van der Waals surface area contributed by atoms with Crippen LogP contribution in [0, 0.1) is 0 Å². The fourth-order valence-electron chi connectivity index (χ4n) is 2.94. The number of aromatic nitrogens is 4. The van der Waals surface area contributed by atoms with Crippen molar-refractivity contribution >= 4 is 50.7 Å². The number of ether oxygens (including phenoxy) is 1. The highest BCUT2D eigenvalue weighted by Gasteiger charge is 2.22. The molecule has 12 heteroatoms. The van der Waals surface area contributed by atoms with Gasteiger partial charge in [0.2, 0.25) is 0 Å². The summed E-state index contributed by atoms with van der Waals surface area (Å²) in [5, 5.41) is 5.33. The van der Waals surface area contributed by atoms with E-state index in [1.54, 1.807) is 42.5 Å². The van der Waals surface area contributed by atoms with Crippen molar-refractivity contribution in [2.24, 2.45) is 0 Å². The predicted molar refractivity (Wildman–Crippen MR) is 130 cm³/mol. The first kappa shape index (κ1) is 23.4. The minimum atomic E-state index is -3.37. The normalized spacial score (nSPS) is 11.5. The molecule has 8 nitrogen and oxygen atoms in total. The van der Waals surface area contributed by atoms with Crippen LogP contribution in [0.5, 0.6) is 0 Å². The maximum absolute atomic E-state index is 12.4. The Morgan fingerprint density at radius 1 is 1.18 bits per heavy atom. The zero-order valence-corrected chi connectivity index (χ0v) is 20.6. The van der Waals surface area contributed by atoms with Gasteiger partial charge in [-0.25, -0.2) is 22.9 Å². The van der Waals surface area contributed by atoms with E-state index >= 15 is 0 Å². The molecule has 0 aliphatic rings. The van der Waals surface area contributed by atoms with Gasteiger partial charge in [0, 0.05) is 17.9 Å². The Bertz CT molecular complexity index is 1430. The summed E-state index contributed by atoms with van der Waals surface area (Å²) >= 11 is 8.85. The molecule has 0 aliphatic heterocycles. The minimum absolute atomic E-state index is 0.106. The van der Waals surface area contributed by atoms with Crippen molar-refractivity contribution in [1.29, 1.82) is 0 Å². The largest absolute Gasteiger partial charge is 0.450 e. The Morgan fingerprint density at radius 3 is 2.70 bits per heavy atom. The molecule has 170 valence electrons. The van der Waals surface area contributed by atoms with Crippen molar-refractivity contribution in [2.45, 2.75) is 4.90 Å². The average molecular weight is 521 g/mol. The van der Waals surface area contributed by atoms with Gasteiger partial charge in [-0.05, 0) is 42.1 Å². The lowest BCUT2D eigenvalue weighted by atomic mass is 10.2. The van der Waals surface area contributed by atoms with Crippen LogP contribution in [0.1, 0.15) is 10.5 Å². The van der Waals surface area contributed by atoms with Gasteiger partial charge in [0.25, 0.3) is 0 Å². The molecule has 0 amide bonds. The summed E-state index contributed by atoms with van der Waals surface area (Å²) < 4.78 is 34.9. The SMILES string of the molecule is CSCOC(=O)c1cc(-c2nc(-c3cccc(S(C)(=O)=O)c3)ns2)n(-c2ccccc2Cl)n1. The molecule has 0 saturated carbocycles. The first-order valence-electron chi connectivity index (χ1n) is 9.43. The molecule has 0 unspecified atom stereocenters. The molecule has 0 bridgehead atoms. The number of benzene rings is 2. The van der Waals surface area contributed by atoms with Crippen molar-refractivity contribution in [2.75, 3.05) is 18.5 Å². The van der Waals surface area contributed by atoms with Crippen LogP contribution in [-0.4, -0.2) is 52.0 Å². The van der Waals surface area contributed by atoms with Gasteiger partial charge in [-0.3, -0.25) is 0 Å². The van der Waals surface area contributed by atoms with E-state index in [9.17, 15) is 13.2 Å². The number of rotatable bonds is 7. The molecule has 0 aliphatic carbocycles. The summed E-state index contributed by atoms with van der Waals surface area (Å²) in [4.78, 5) is 17.2. The lowest BCUT2D eigenvalue weighted by Gasteiger charge is -2.07. The molecule has 2 aromatic carbocycles. The Balaban J connectivity index is 1.79. The number of esters is 1. The van der Waals surface area contributed by atoms with Crippen LogP contribution in [0.4, 0.5) is 0 Å². The van der Waals surface area contributed by atoms with Crippen LogP contribution in [0.15, 0.2) is 59.5 Å². The average Bonchev–Trinajstić information content (AvgIpc) is 3.45. The molecule has 4 aromatic rings. The molecular formula is C21H17ClN4O4S3. The molecule has 0 spiro atoms. The zero-order chi connectivity index (χ0) is 23.6. The van der Waals surface area contributed by atoms with Gasteiger partial charge >= 0.3 is 5.97 Å². The van der Waals surface area contributed by atoms with Gasteiger partial charge in [0.05, 0.1) is 15.6 Å². The van der Waals surface area contributed by atoms with E-state index in [1.807, 2.05) is 6.26 Å². The van der Waals surface area contributed by atoms with Gasteiger partial charge in [-0.2, -0.15) is 9.47 Å². The number of para-hydroxylation sites is 1. The molecule has 0 N–H and O–H groups in total. The van der Waals surface area contributed by atoms with Crippen molar-refractivity contribution in [3.8, 4) is 27.8 Å². The predicted octanol–water partition coefficient (Wildman–Crippen LogP) is 4.59. The molecule has 4 rings (SSSR count). The first-order chi connectivity index (χ1) is 15.8. The first-order valence-corrected chi connectivity index (χ1v) is 13.9. The van der Waals surface area contributed by atoms with E-state index in [0.717, 1.165) is 17.8 Å². The Hall–Kier alpha value is -2.73. The Labute approximate surface area is 203 Å². The number of hydrogen-bond acceptors (Lipinski definition) is 9. The number of sulfone groups is 1. The summed E-state index contributed by atoms with van der Waals surface area (Å²) in [6.45, 7) is 0. The topological polar surface area (TPSA) is 104 Å². The van der Waals surface area contributed by atoms with Gasteiger partial charge in [-0.15, -0.1) is 11.8 Å². The van der Waals surface area contributed by atoms with Crippen molar-refractivity contribution in [3.05, 3.63) is 65.3 Å². The third kappa shape index (κ3) is 5.11. The fraction of sp³-hybridized carbons (Fsp3) is 0.143. The fourth-order valence-corrected chi connectivity index (χ4v) is 4.73. The highest BCUT2D eigenvalue weighted by Crippen LogP contribution is 2.31. The molecule has 0 radical (unpaired) electrons. The second-order valence-electron chi connectivity index (χ2n) is 6.84. The molecule has 0 fully saturated rings. The third-order valence-corrected chi connectivity index (χ3v) is 6.99. The minimum Gasteiger partial charge on any atom is -0.450 e. The zero-order valence-electron chi connectivity index (χ0n) is 17.4. The monoisotopic (exact) mass is 520 g/mol. The van der Waals surface area contributed by atoms with Crippen molar-refractivity contribution in [1.82, 2.24) is 19.1 Å². The number of thioether (sulfide) groups is 1. The number of halogens is 1. The lowest BCUT2D eigenvalue weighted by molar-refractivity contribution is 0.0572. The van der Waals surface area contributed by atoms with E-state index in [0.29, 0.717) is 32.8 Å². The van der Waals surface area contributed by atoms with E-state index in [-0.39, 0.29) is 16.5 Å². The van der Waals surface area contributed by atoms with Crippen molar-refractivity contribution in [3.63, 3.8) is 0 Å². The Kier molecular flexibility index (Phi) is 6.84. The van der Waals surface area contributed by atoms with E-state index in [1.165, 1.54) is 28.6 Å². The summed E-state index contributed by atoms with van der Waals surface area (Å²) in [7, 11) is -3.37. The number of hydrogen-bond donors (Lipinski definition) is 0. The van der Waals surface area contributed by atoms with E-state index < -0.39 is 15.8 Å². The van der Waals surface area contributed by atoms with E-state index in [2.05, 4.69) is 14.5 Å². The van der Waals surface area contributed by atoms with Crippen LogP contribution < -0.4 is 0 Å². The molecular weight excluding hydrogens is 504 g/mol. The second kappa shape index (κ2) is 9.64. The molecule has 0 atom stereocenters. The number of carbonyl (C=O) groups is 1. The van der Waals surface area contributed by atoms with Crippen LogP contribution in [0.25, 0.3) is 27.8 Å². The molecule has 2 heterocycles. The number of nitrogens with zero attached hydrogens (tertiary/aromatic N) is 4. The van der Waals surface area contributed by atoms with E-state index in [4.69, 9.17) is 16.3 Å². The molecule has 0 saturated heterocycles. The second-order valence-corrected chi connectivity index (χ2v) is 10.8. The maximum atomic E-state index is 12.4. The molecule has 2 aromatic heterocycles. The maximum Gasteiger partial charge on any atom is 0.359 e. The van der Waals surface area contributed by atoms with Gasteiger partial charge < -0.3 is 4.74 Å². The third-order valence-electron chi connectivity index (χ3n) is 4.47. The van der Waals surface area contributed by atoms with Gasteiger partial charge in [-0.1, -0.05) is 35.9 Å². The highest BCUT2D eigenvalue weighted by molar-refractivity contribution is 7.98. The smallest absolute Gasteiger partial charge is 0.359 e. The van der Waals surface area contributed by atoms with Crippen LogP contribution in [0.2, 0.25) is 5.02 Å². The van der Waals surface area contributed by atoms with Crippen molar-refractivity contribution < 1.29 is 17.9 Å². The summed E-state index contributed by atoms with van der Waals surface area (Å²) in [6.07, 6.45) is 2.97. The Morgan fingerprint density at radius 2 is 1.97 bits per heavy atom. The van der Waals surface area contributed by atoms with Gasteiger partial charge in [0.15, 0.2) is 26.4 Å². The lowest BCUT2D eigenvalue weighted by Crippen LogP contribution is -2.07. The number of carbonyl (C=O) groups excluding carboxylic acids is 1.